The fourth-order valence-corrected chi connectivity index (χ4v) is 4.10. The zero-order valence-electron chi connectivity index (χ0n) is 13.5. The average Bonchev–Trinajstić information content (AvgIpc) is 2.54. The number of primary amides is 1. The Hall–Kier alpha value is -1.56. The largest absolute Gasteiger partial charge is 0.369 e. The molecule has 1 aliphatic heterocycles. The molecule has 0 aliphatic carbocycles. The summed E-state index contributed by atoms with van der Waals surface area (Å²) in [5, 5.41) is -0.354. The zero-order chi connectivity index (χ0) is 17.0. The van der Waals surface area contributed by atoms with Crippen molar-refractivity contribution >= 4 is 23.6 Å². The molecule has 0 saturated carbocycles. The second kappa shape index (κ2) is 7.81. The van der Waals surface area contributed by atoms with Crippen LogP contribution in [0.15, 0.2) is 24.3 Å². The first-order valence-electron chi connectivity index (χ1n) is 7.88. The van der Waals surface area contributed by atoms with Gasteiger partial charge < -0.3 is 10.6 Å². The molecule has 0 bridgehead atoms. The molecule has 2 amide bonds. The predicted molar refractivity (Wildman–Crippen MR) is 90.4 cm³/mol. The first-order valence-corrected chi connectivity index (χ1v) is 8.82. The SMILES string of the molecule is C[C@@H](S[C@H](C)c1ccccc1F)C(=O)N1CCC(C(N)=O)CC1. The standard InChI is InChI=1S/C17H23FN2O2S/c1-11(14-5-3-4-6-15(14)18)23-12(2)17(22)20-9-7-13(8-10-20)16(19)21/h3-6,11-13H,7-10H2,1-2H3,(H2,19,21)/t11-,12-/m1/s1. The normalized spacial score (nSPS) is 18.5. The van der Waals surface area contributed by atoms with Crippen LogP contribution in [0.1, 0.15) is 37.5 Å². The smallest absolute Gasteiger partial charge is 0.235 e. The van der Waals surface area contributed by atoms with Gasteiger partial charge in [0.25, 0.3) is 0 Å². The van der Waals surface area contributed by atoms with Gasteiger partial charge in [0.15, 0.2) is 0 Å². The van der Waals surface area contributed by atoms with Gasteiger partial charge in [0.1, 0.15) is 5.82 Å². The Morgan fingerprint density at radius 3 is 2.43 bits per heavy atom. The minimum absolute atomic E-state index is 0.0427. The molecule has 126 valence electrons. The summed E-state index contributed by atoms with van der Waals surface area (Å²) < 4.78 is 13.8. The van der Waals surface area contributed by atoms with Gasteiger partial charge in [0.2, 0.25) is 11.8 Å². The number of amides is 2. The maximum atomic E-state index is 13.8. The fourth-order valence-electron chi connectivity index (χ4n) is 2.88. The van der Waals surface area contributed by atoms with Crippen LogP contribution in [-0.4, -0.2) is 35.1 Å². The number of nitrogens with zero attached hydrogens (tertiary/aromatic N) is 1. The number of hydrogen-bond acceptors (Lipinski definition) is 3. The minimum atomic E-state index is -0.285. The number of halogens is 1. The summed E-state index contributed by atoms with van der Waals surface area (Å²) in [6.07, 6.45) is 1.25. The van der Waals surface area contributed by atoms with E-state index >= 15 is 0 Å². The van der Waals surface area contributed by atoms with Crippen LogP contribution in [0, 0.1) is 11.7 Å². The van der Waals surface area contributed by atoms with Crippen molar-refractivity contribution in [2.75, 3.05) is 13.1 Å². The van der Waals surface area contributed by atoms with Crippen molar-refractivity contribution in [1.29, 1.82) is 0 Å². The summed E-state index contributed by atoms with van der Waals surface area (Å²) in [5.74, 6) is -0.609. The van der Waals surface area contributed by atoms with Gasteiger partial charge in [-0.3, -0.25) is 9.59 Å². The molecule has 1 aliphatic rings. The predicted octanol–water partition coefficient (Wildman–Crippen LogP) is 2.73. The number of likely N-dealkylation sites (tertiary alicyclic amines) is 1. The lowest BCUT2D eigenvalue weighted by Gasteiger charge is -2.32. The number of carbonyl (C=O) groups is 2. The summed E-state index contributed by atoms with van der Waals surface area (Å²) in [4.78, 5) is 25.5. The topological polar surface area (TPSA) is 63.4 Å². The van der Waals surface area contributed by atoms with E-state index in [1.54, 1.807) is 23.1 Å². The molecule has 1 aromatic rings. The van der Waals surface area contributed by atoms with Crippen molar-refractivity contribution in [3.63, 3.8) is 0 Å². The monoisotopic (exact) mass is 338 g/mol. The van der Waals surface area contributed by atoms with E-state index in [2.05, 4.69) is 0 Å². The molecule has 1 fully saturated rings. The number of hydrogen-bond donors (Lipinski definition) is 1. The molecule has 0 spiro atoms. The highest BCUT2D eigenvalue weighted by molar-refractivity contribution is 8.00. The lowest BCUT2D eigenvalue weighted by molar-refractivity contribution is -0.134. The quantitative estimate of drug-likeness (QED) is 0.898. The van der Waals surface area contributed by atoms with Crippen LogP contribution in [0.3, 0.4) is 0 Å². The number of rotatable bonds is 5. The van der Waals surface area contributed by atoms with E-state index in [9.17, 15) is 14.0 Å². The number of piperidine rings is 1. The molecule has 0 radical (unpaired) electrons. The van der Waals surface area contributed by atoms with Crippen molar-refractivity contribution < 1.29 is 14.0 Å². The van der Waals surface area contributed by atoms with Gasteiger partial charge in [-0.1, -0.05) is 18.2 Å². The van der Waals surface area contributed by atoms with Crippen LogP contribution in [0.2, 0.25) is 0 Å². The molecule has 23 heavy (non-hydrogen) atoms. The highest BCUT2D eigenvalue weighted by Crippen LogP contribution is 2.34. The van der Waals surface area contributed by atoms with E-state index in [-0.39, 0.29) is 34.0 Å². The summed E-state index contributed by atoms with van der Waals surface area (Å²) in [5.41, 5.74) is 5.93. The molecule has 1 aromatic carbocycles. The summed E-state index contributed by atoms with van der Waals surface area (Å²) >= 11 is 1.45. The van der Waals surface area contributed by atoms with Gasteiger partial charge in [0.05, 0.1) is 5.25 Å². The van der Waals surface area contributed by atoms with E-state index in [4.69, 9.17) is 5.73 Å². The van der Waals surface area contributed by atoms with E-state index in [0.29, 0.717) is 31.5 Å². The van der Waals surface area contributed by atoms with Crippen LogP contribution in [0.5, 0.6) is 0 Å². The first kappa shape index (κ1) is 17.8. The van der Waals surface area contributed by atoms with Crippen LogP contribution in [0.25, 0.3) is 0 Å². The van der Waals surface area contributed by atoms with Crippen molar-refractivity contribution in [3.8, 4) is 0 Å². The van der Waals surface area contributed by atoms with Crippen molar-refractivity contribution in [3.05, 3.63) is 35.6 Å². The van der Waals surface area contributed by atoms with Gasteiger partial charge >= 0.3 is 0 Å². The third kappa shape index (κ3) is 4.47. The number of benzene rings is 1. The van der Waals surface area contributed by atoms with Crippen LogP contribution in [-0.2, 0) is 9.59 Å². The maximum absolute atomic E-state index is 13.8. The van der Waals surface area contributed by atoms with E-state index in [1.807, 2.05) is 13.8 Å². The summed E-state index contributed by atoms with van der Waals surface area (Å²) in [6, 6.07) is 6.65. The molecular formula is C17H23FN2O2S. The van der Waals surface area contributed by atoms with Gasteiger partial charge in [-0.2, -0.15) is 0 Å². The third-order valence-electron chi connectivity index (χ3n) is 4.31. The summed E-state index contributed by atoms with van der Waals surface area (Å²) in [7, 11) is 0. The van der Waals surface area contributed by atoms with Crippen LogP contribution in [0.4, 0.5) is 4.39 Å². The molecule has 1 saturated heterocycles. The van der Waals surface area contributed by atoms with Gasteiger partial charge in [-0.05, 0) is 32.8 Å². The average molecular weight is 338 g/mol. The zero-order valence-corrected chi connectivity index (χ0v) is 14.3. The first-order chi connectivity index (χ1) is 10.9. The van der Waals surface area contributed by atoms with Crippen molar-refractivity contribution in [2.24, 2.45) is 11.7 Å². The molecule has 0 unspecified atom stereocenters. The molecule has 6 heteroatoms. The van der Waals surface area contributed by atoms with E-state index < -0.39 is 0 Å². The number of thioether (sulfide) groups is 1. The Balaban J connectivity index is 1.90. The van der Waals surface area contributed by atoms with Crippen LogP contribution >= 0.6 is 11.8 Å². The van der Waals surface area contributed by atoms with E-state index in [0.717, 1.165) is 0 Å². The highest BCUT2D eigenvalue weighted by Gasteiger charge is 2.29. The van der Waals surface area contributed by atoms with Gasteiger partial charge in [-0.25, -0.2) is 4.39 Å². The Bertz CT molecular complexity index is 573. The fraction of sp³-hybridized carbons (Fsp3) is 0.529. The Kier molecular flexibility index (Phi) is 6.04. The van der Waals surface area contributed by atoms with Crippen molar-refractivity contribution in [2.45, 2.75) is 37.2 Å². The third-order valence-corrected chi connectivity index (χ3v) is 5.58. The number of carbonyl (C=O) groups excluding carboxylic acids is 2. The Morgan fingerprint density at radius 2 is 1.87 bits per heavy atom. The van der Waals surface area contributed by atoms with Gasteiger partial charge in [0, 0.05) is 29.8 Å². The minimum Gasteiger partial charge on any atom is -0.369 e. The van der Waals surface area contributed by atoms with Crippen molar-refractivity contribution in [1.82, 2.24) is 4.90 Å². The van der Waals surface area contributed by atoms with E-state index in [1.165, 1.54) is 17.8 Å². The molecule has 4 nitrogen and oxygen atoms in total. The summed E-state index contributed by atoms with van der Waals surface area (Å²) in [6.45, 7) is 4.88. The molecular weight excluding hydrogens is 315 g/mol. The highest BCUT2D eigenvalue weighted by atomic mass is 32.2. The maximum Gasteiger partial charge on any atom is 0.235 e. The lowest BCUT2D eigenvalue weighted by atomic mass is 9.96. The van der Waals surface area contributed by atoms with Crippen LogP contribution < -0.4 is 5.73 Å². The second-order valence-corrected chi connectivity index (χ2v) is 7.63. The lowest BCUT2D eigenvalue weighted by Crippen LogP contribution is -2.44. The van der Waals surface area contributed by atoms with Gasteiger partial charge in [-0.15, -0.1) is 11.8 Å². The molecule has 0 aromatic heterocycles. The molecule has 2 rings (SSSR count). The Morgan fingerprint density at radius 1 is 1.26 bits per heavy atom. The molecule has 2 atom stereocenters. The number of nitrogens with two attached hydrogens (primary N) is 1. The second-order valence-electron chi connectivity index (χ2n) is 5.94. The molecule has 1 heterocycles. The molecule has 2 N–H and O–H groups in total. The Labute approximate surface area is 140 Å².